The summed E-state index contributed by atoms with van der Waals surface area (Å²) in [5.41, 5.74) is 7.37. The number of nitrogen functional groups attached to an aromatic ring is 1. The number of halogens is 3. The summed E-state index contributed by atoms with van der Waals surface area (Å²) >= 11 is 15.2. The standard InChI is InChI=1S/C15H13BrCl2N2O/c1-8(9-3-2-4-11(16)5-9)20-15(21)10-6-12(17)14(18)13(19)7-10/h2-8H,19H2,1H3,(H,20,21). The lowest BCUT2D eigenvalue weighted by Crippen LogP contribution is -2.26. The number of nitrogens with one attached hydrogen (secondary N) is 1. The van der Waals surface area contributed by atoms with E-state index in [9.17, 15) is 4.79 Å². The van der Waals surface area contributed by atoms with Gasteiger partial charge in [-0.2, -0.15) is 0 Å². The van der Waals surface area contributed by atoms with Gasteiger partial charge in [-0.05, 0) is 36.8 Å². The van der Waals surface area contributed by atoms with E-state index in [0.29, 0.717) is 5.56 Å². The van der Waals surface area contributed by atoms with E-state index < -0.39 is 0 Å². The fourth-order valence-corrected chi connectivity index (χ4v) is 2.63. The number of rotatable bonds is 3. The zero-order valence-corrected chi connectivity index (χ0v) is 14.3. The van der Waals surface area contributed by atoms with Crippen LogP contribution in [0.4, 0.5) is 5.69 Å². The highest BCUT2D eigenvalue weighted by atomic mass is 79.9. The van der Waals surface area contributed by atoms with E-state index >= 15 is 0 Å². The molecule has 0 saturated carbocycles. The molecule has 1 unspecified atom stereocenters. The normalized spacial score (nSPS) is 12.0. The number of hydrogen-bond acceptors (Lipinski definition) is 2. The third-order valence-electron chi connectivity index (χ3n) is 3.01. The zero-order valence-electron chi connectivity index (χ0n) is 11.2. The van der Waals surface area contributed by atoms with E-state index in [2.05, 4.69) is 21.2 Å². The molecule has 2 rings (SSSR count). The highest BCUT2D eigenvalue weighted by Crippen LogP contribution is 2.29. The van der Waals surface area contributed by atoms with Crippen LogP contribution in [0.25, 0.3) is 0 Å². The number of anilines is 1. The van der Waals surface area contributed by atoms with Crippen molar-refractivity contribution in [3.05, 3.63) is 62.0 Å². The molecule has 0 bridgehead atoms. The predicted molar refractivity (Wildman–Crippen MR) is 90.9 cm³/mol. The third-order valence-corrected chi connectivity index (χ3v) is 4.32. The molecule has 3 nitrogen and oxygen atoms in total. The van der Waals surface area contributed by atoms with E-state index in [-0.39, 0.29) is 27.7 Å². The van der Waals surface area contributed by atoms with Gasteiger partial charge in [0.2, 0.25) is 0 Å². The van der Waals surface area contributed by atoms with Crippen LogP contribution in [0.2, 0.25) is 10.0 Å². The SMILES string of the molecule is CC(NC(=O)c1cc(N)c(Cl)c(Cl)c1)c1cccc(Br)c1. The Hall–Kier alpha value is -1.23. The summed E-state index contributed by atoms with van der Waals surface area (Å²) in [6, 6.07) is 10.6. The van der Waals surface area contributed by atoms with Crippen LogP contribution in [0.1, 0.15) is 28.9 Å². The molecule has 110 valence electrons. The quantitative estimate of drug-likeness (QED) is 0.741. The lowest BCUT2D eigenvalue weighted by molar-refractivity contribution is 0.0940. The molecule has 1 amide bonds. The van der Waals surface area contributed by atoms with Crippen molar-refractivity contribution >= 4 is 50.7 Å². The lowest BCUT2D eigenvalue weighted by atomic mass is 10.1. The Kier molecular flexibility index (Phi) is 5.14. The first-order chi connectivity index (χ1) is 9.88. The molecule has 0 radical (unpaired) electrons. The molecule has 21 heavy (non-hydrogen) atoms. The van der Waals surface area contributed by atoms with Crippen molar-refractivity contribution < 1.29 is 4.79 Å². The second-order valence-electron chi connectivity index (χ2n) is 4.61. The fraction of sp³-hybridized carbons (Fsp3) is 0.133. The van der Waals surface area contributed by atoms with Crippen molar-refractivity contribution in [2.24, 2.45) is 0 Å². The Bertz CT molecular complexity index is 668. The summed E-state index contributed by atoms with van der Waals surface area (Å²) in [7, 11) is 0. The molecule has 2 aromatic rings. The molecule has 0 spiro atoms. The van der Waals surface area contributed by atoms with Crippen LogP contribution in [-0.2, 0) is 0 Å². The zero-order chi connectivity index (χ0) is 15.6. The Morgan fingerprint density at radius 3 is 2.62 bits per heavy atom. The summed E-state index contributed by atoms with van der Waals surface area (Å²) in [4.78, 5) is 12.2. The van der Waals surface area contributed by atoms with Gasteiger partial charge in [-0.25, -0.2) is 0 Å². The van der Waals surface area contributed by atoms with Crippen LogP contribution >= 0.6 is 39.1 Å². The van der Waals surface area contributed by atoms with E-state index in [1.807, 2.05) is 31.2 Å². The number of nitrogens with two attached hydrogens (primary N) is 1. The minimum Gasteiger partial charge on any atom is -0.397 e. The van der Waals surface area contributed by atoms with Crippen LogP contribution in [0.15, 0.2) is 40.9 Å². The second kappa shape index (κ2) is 6.69. The molecule has 0 aromatic heterocycles. The number of hydrogen-bond donors (Lipinski definition) is 2. The summed E-state index contributed by atoms with van der Waals surface area (Å²) in [6.07, 6.45) is 0. The van der Waals surface area contributed by atoms with Crippen LogP contribution in [0.5, 0.6) is 0 Å². The van der Waals surface area contributed by atoms with Crippen molar-refractivity contribution in [3.63, 3.8) is 0 Å². The molecule has 0 fully saturated rings. The minimum atomic E-state index is -0.257. The van der Waals surface area contributed by atoms with Crippen molar-refractivity contribution in [3.8, 4) is 0 Å². The minimum absolute atomic E-state index is 0.148. The molecule has 2 aromatic carbocycles. The van der Waals surface area contributed by atoms with Crippen molar-refractivity contribution in [2.45, 2.75) is 13.0 Å². The molecule has 0 aliphatic heterocycles. The van der Waals surface area contributed by atoms with Gasteiger partial charge in [-0.1, -0.05) is 51.3 Å². The number of carbonyl (C=O) groups is 1. The highest BCUT2D eigenvalue weighted by Gasteiger charge is 2.14. The summed E-state index contributed by atoms with van der Waals surface area (Å²) in [5, 5.41) is 3.42. The molecule has 1 atom stereocenters. The Labute approximate surface area is 141 Å². The van der Waals surface area contributed by atoms with Gasteiger partial charge in [0.15, 0.2) is 0 Å². The monoisotopic (exact) mass is 386 g/mol. The van der Waals surface area contributed by atoms with Crippen molar-refractivity contribution in [1.82, 2.24) is 5.32 Å². The molecule has 6 heteroatoms. The summed E-state index contributed by atoms with van der Waals surface area (Å²) in [6.45, 7) is 1.90. The maximum atomic E-state index is 12.2. The Balaban J connectivity index is 2.18. The van der Waals surface area contributed by atoms with Crippen LogP contribution in [-0.4, -0.2) is 5.91 Å². The fourth-order valence-electron chi connectivity index (χ4n) is 1.88. The molecule has 0 saturated heterocycles. The largest absolute Gasteiger partial charge is 0.397 e. The molecular formula is C15H13BrCl2N2O. The first-order valence-corrected chi connectivity index (χ1v) is 7.74. The van der Waals surface area contributed by atoms with Gasteiger partial charge in [0.1, 0.15) is 0 Å². The Morgan fingerprint density at radius 1 is 1.29 bits per heavy atom. The molecule has 0 aliphatic rings. The molecule has 3 N–H and O–H groups in total. The third kappa shape index (κ3) is 3.90. The summed E-state index contributed by atoms with van der Waals surface area (Å²) in [5.74, 6) is -0.257. The Morgan fingerprint density at radius 2 is 2.00 bits per heavy atom. The van der Waals surface area contributed by atoms with Crippen molar-refractivity contribution in [2.75, 3.05) is 5.73 Å². The number of amides is 1. The number of benzene rings is 2. The van der Waals surface area contributed by atoms with Gasteiger partial charge >= 0.3 is 0 Å². The topological polar surface area (TPSA) is 55.1 Å². The molecule has 0 aliphatic carbocycles. The highest BCUT2D eigenvalue weighted by molar-refractivity contribution is 9.10. The van der Waals surface area contributed by atoms with Gasteiger partial charge in [-0.15, -0.1) is 0 Å². The van der Waals surface area contributed by atoms with E-state index in [1.165, 1.54) is 12.1 Å². The first-order valence-electron chi connectivity index (χ1n) is 6.19. The maximum absolute atomic E-state index is 12.2. The second-order valence-corrected chi connectivity index (χ2v) is 6.31. The van der Waals surface area contributed by atoms with Gasteiger partial charge in [0, 0.05) is 10.0 Å². The number of carbonyl (C=O) groups excluding carboxylic acids is 1. The van der Waals surface area contributed by atoms with Gasteiger partial charge in [0.05, 0.1) is 21.8 Å². The van der Waals surface area contributed by atoms with Crippen LogP contribution < -0.4 is 11.1 Å². The predicted octanol–water partition coefficient (Wildman–Crippen LogP) is 4.83. The molecule has 0 heterocycles. The lowest BCUT2D eigenvalue weighted by Gasteiger charge is -2.15. The van der Waals surface area contributed by atoms with Gasteiger partial charge in [-0.3, -0.25) is 4.79 Å². The van der Waals surface area contributed by atoms with Gasteiger partial charge in [0.25, 0.3) is 5.91 Å². The van der Waals surface area contributed by atoms with E-state index in [1.54, 1.807) is 0 Å². The van der Waals surface area contributed by atoms with Crippen LogP contribution in [0, 0.1) is 0 Å². The van der Waals surface area contributed by atoms with E-state index in [0.717, 1.165) is 10.0 Å². The van der Waals surface area contributed by atoms with Crippen LogP contribution in [0.3, 0.4) is 0 Å². The maximum Gasteiger partial charge on any atom is 0.251 e. The van der Waals surface area contributed by atoms with Crippen molar-refractivity contribution in [1.29, 1.82) is 0 Å². The summed E-state index contributed by atoms with van der Waals surface area (Å²) < 4.78 is 0.958. The first kappa shape index (κ1) is 16.1. The average Bonchev–Trinajstić information content (AvgIpc) is 2.44. The average molecular weight is 388 g/mol. The molecular weight excluding hydrogens is 375 g/mol. The smallest absolute Gasteiger partial charge is 0.251 e. The van der Waals surface area contributed by atoms with E-state index in [4.69, 9.17) is 28.9 Å². The van der Waals surface area contributed by atoms with Gasteiger partial charge < -0.3 is 11.1 Å².